The van der Waals surface area contributed by atoms with Crippen molar-refractivity contribution in [3.8, 4) is 0 Å². The Bertz CT molecular complexity index is 938. The molecule has 1 saturated heterocycles. The molecule has 8 nitrogen and oxygen atoms in total. The fourth-order valence-electron chi connectivity index (χ4n) is 4.69. The van der Waals surface area contributed by atoms with Crippen LogP contribution in [0.4, 0.5) is 0 Å². The molecule has 1 N–H and O–H groups in total. The predicted octanol–water partition coefficient (Wildman–Crippen LogP) is 1.72. The molecule has 0 atom stereocenters. The Morgan fingerprint density at radius 1 is 1.25 bits per heavy atom. The molecule has 1 spiro atoms. The normalized spacial score (nSPS) is 21.1. The van der Waals surface area contributed by atoms with Gasteiger partial charge in [-0.25, -0.2) is 4.98 Å². The van der Waals surface area contributed by atoms with Gasteiger partial charge in [0.2, 0.25) is 5.91 Å². The van der Waals surface area contributed by atoms with E-state index in [-0.39, 0.29) is 23.4 Å². The molecule has 5 rings (SSSR count). The zero-order valence-corrected chi connectivity index (χ0v) is 16.6. The van der Waals surface area contributed by atoms with Crippen molar-refractivity contribution in [2.45, 2.75) is 37.6 Å². The van der Waals surface area contributed by atoms with Crippen molar-refractivity contribution in [1.82, 2.24) is 29.5 Å². The highest BCUT2D eigenvalue weighted by molar-refractivity contribution is 6.33. The summed E-state index contributed by atoms with van der Waals surface area (Å²) >= 11 is 6.16. The standard InChI is InChI=1S/C19H23ClN6O2/c1-24-10-13(20)15(23-24)18(28)25-8-5-19(6-9-25)16-14(21-11-22-16)4-7-26(19)17(27)12-2-3-12/h10-12H,2-9H2,1H3,(H,21,22). The number of carbonyl (C=O) groups excluding carboxylic acids is 2. The fraction of sp³-hybridized carbons (Fsp3) is 0.579. The maximum atomic E-state index is 13.0. The SMILES string of the molecule is Cn1cc(Cl)c(C(=O)N2CCC3(CC2)c2nc[nH]c2CCN3C(=O)C2CC2)n1. The number of fused-ring (bicyclic) bond motifs is 2. The number of carbonyl (C=O) groups is 2. The average Bonchev–Trinajstić information content (AvgIpc) is 3.33. The van der Waals surface area contributed by atoms with Crippen LogP contribution < -0.4 is 0 Å². The molecule has 2 fully saturated rings. The molecule has 2 aliphatic heterocycles. The third-order valence-corrected chi connectivity index (χ3v) is 6.59. The number of nitrogens with one attached hydrogen (secondary N) is 1. The second-order valence-corrected chi connectivity index (χ2v) is 8.47. The van der Waals surface area contributed by atoms with Crippen LogP contribution in [0.2, 0.25) is 5.02 Å². The smallest absolute Gasteiger partial charge is 0.275 e. The van der Waals surface area contributed by atoms with Gasteiger partial charge in [0.15, 0.2) is 5.69 Å². The summed E-state index contributed by atoms with van der Waals surface area (Å²) in [5.41, 5.74) is 1.97. The van der Waals surface area contributed by atoms with Gasteiger partial charge in [0.1, 0.15) is 0 Å². The first-order valence-electron chi connectivity index (χ1n) is 9.82. The third-order valence-electron chi connectivity index (χ3n) is 6.32. The molecule has 2 aromatic rings. The van der Waals surface area contributed by atoms with Crippen LogP contribution in [0.15, 0.2) is 12.5 Å². The number of aryl methyl sites for hydroxylation is 1. The zero-order chi connectivity index (χ0) is 19.5. The second-order valence-electron chi connectivity index (χ2n) is 8.07. The lowest BCUT2D eigenvalue weighted by Crippen LogP contribution is -2.59. The summed E-state index contributed by atoms with van der Waals surface area (Å²) in [5.74, 6) is 0.268. The minimum Gasteiger partial charge on any atom is -0.348 e. The van der Waals surface area contributed by atoms with Crippen molar-refractivity contribution >= 4 is 23.4 Å². The number of amides is 2. The quantitative estimate of drug-likeness (QED) is 0.828. The Morgan fingerprint density at radius 2 is 2.00 bits per heavy atom. The van der Waals surface area contributed by atoms with E-state index in [1.807, 2.05) is 0 Å². The molecule has 1 aliphatic carbocycles. The minimum atomic E-state index is -0.419. The van der Waals surface area contributed by atoms with Gasteiger partial charge in [-0.15, -0.1) is 0 Å². The number of nitrogens with zero attached hydrogens (tertiary/aromatic N) is 5. The lowest BCUT2D eigenvalue weighted by molar-refractivity contribution is -0.143. The molecule has 4 heterocycles. The lowest BCUT2D eigenvalue weighted by Gasteiger charge is -2.50. The number of halogens is 1. The molecule has 2 aromatic heterocycles. The van der Waals surface area contributed by atoms with E-state index in [4.69, 9.17) is 11.6 Å². The highest BCUT2D eigenvalue weighted by atomic mass is 35.5. The first kappa shape index (κ1) is 17.7. The molecule has 0 unspecified atom stereocenters. The van der Waals surface area contributed by atoms with Gasteiger partial charge in [0.25, 0.3) is 5.91 Å². The number of aromatic amines is 1. The molecule has 0 radical (unpaired) electrons. The van der Waals surface area contributed by atoms with Crippen molar-refractivity contribution in [2.24, 2.45) is 13.0 Å². The molecule has 0 bridgehead atoms. The predicted molar refractivity (Wildman–Crippen MR) is 102 cm³/mol. The second kappa shape index (κ2) is 6.34. The number of piperidine rings is 1. The molecule has 0 aromatic carbocycles. The summed E-state index contributed by atoms with van der Waals surface area (Å²) in [5, 5.41) is 4.57. The van der Waals surface area contributed by atoms with E-state index >= 15 is 0 Å². The van der Waals surface area contributed by atoms with Crippen LogP contribution in [0.3, 0.4) is 0 Å². The van der Waals surface area contributed by atoms with E-state index in [9.17, 15) is 9.59 Å². The van der Waals surface area contributed by atoms with Crippen molar-refractivity contribution in [3.05, 3.63) is 34.6 Å². The monoisotopic (exact) mass is 402 g/mol. The summed E-state index contributed by atoms with van der Waals surface area (Å²) in [6.07, 6.45) is 7.50. The van der Waals surface area contributed by atoms with Crippen LogP contribution in [-0.4, -0.2) is 61.0 Å². The first-order valence-corrected chi connectivity index (χ1v) is 10.2. The lowest BCUT2D eigenvalue weighted by atomic mass is 9.78. The summed E-state index contributed by atoms with van der Waals surface area (Å²) in [4.78, 5) is 37.6. The molecule has 1 saturated carbocycles. The maximum absolute atomic E-state index is 13.0. The molecular weight excluding hydrogens is 380 g/mol. The third kappa shape index (κ3) is 2.65. The van der Waals surface area contributed by atoms with Gasteiger partial charge in [-0.1, -0.05) is 11.6 Å². The molecule has 3 aliphatic rings. The number of imidazole rings is 1. The highest BCUT2D eigenvalue weighted by Crippen LogP contribution is 2.45. The van der Waals surface area contributed by atoms with Crippen LogP contribution in [0.1, 0.15) is 47.6 Å². The largest absolute Gasteiger partial charge is 0.348 e. The number of rotatable bonds is 2. The van der Waals surface area contributed by atoms with Crippen LogP contribution in [0.5, 0.6) is 0 Å². The fourth-order valence-corrected chi connectivity index (χ4v) is 4.95. The van der Waals surface area contributed by atoms with E-state index in [1.54, 1.807) is 29.2 Å². The van der Waals surface area contributed by atoms with Crippen LogP contribution in [0, 0.1) is 5.92 Å². The topological polar surface area (TPSA) is 87.1 Å². The number of likely N-dealkylation sites (tertiary alicyclic amines) is 1. The minimum absolute atomic E-state index is 0.154. The summed E-state index contributed by atoms with van der Waals surface area (Å²) < 4.78 is 1.55. The Labute approximate surface area is 167 Å². The van der Waals surface area contributed by atoms with E-state index < -0.39 is 5.54 Å². The van der Waals surface area contributed by atoms with Gasteiger partial charge < -0.3 is 14.8 Å². The Kier molecular flexibility index (Phi) is 4.01. The molecule has 2 amide bonds. The van der Waals surface area contributed by atoms with Crippen LogP contribution in [0.25, 0.3) is 0 Å². The Balaban J connectivity index is 1.41. The van der Waals surface area contributed by atoms with Gasteiger partial charge in [0.05, 0.1) is 22.6 Å². The summed E-state index contributed by atoms with van der Waals surface area (Å²) in [6, 6.07) is 0. The molecule has 28 heavy (non-hydrogen) atoms. The number of aromatic nitrogens is 4. The average molecular weight is 403 g/mol. The summed E-state index contributed by atoms with van der Waals surface area (Å²) in [7, 11) is 1.75. The van der Waals surface area contributed by atoms with Gasteiger partial charge in [-0.2, -0.15) is 5.10 Å². The van der Waals surface area contributed by atoms with Gasteiger partial charge in [0, 0.05) is 50.9 Å². The van der Waals surface area contributed by atoms with Crippen molar-refractivity contribution in [3.63, 3.8) is 0 Å². The molecular formula is C19H23ClN6O2. The van der Waals surface area contributed by atoms with E-state index in [0.717, 1.165) is 30.7 Å². The van der Waals surface area contributed by atoms with Crippen LogP contribution in [-0.2, 0) is 23.8 Å². The Hall–Kier alpha value is -2.35. The Morgan fingerprint density at radius 3 is 2.64 bits per heavy atom. The van der Waals surface area contributed by atoms with Gasteiger partial charge >= 0.3 is 0 Å². The van der Waals surface area contributed by atoms with Gasteiger partial charge in [-0.3, -0.25) is 14.3 Å². The number of H-pyrrole nitrogens is 1. The number of hydrogen-bond donors (Lipinski definition) is 1. The van der Waals surface area contributed by atoms with Crippen molar-refractivity contribution in [2.75, 3.05) is 19.6 Å². The zero-order valence-electron chi connectivity index (χ0n) is 15.8. The van der Waals surface area contributed by atoms with Crippen LogP contribution >= 0.6 is 11.6 Å². The van der Waals surface area contributed by atoms with Crippen molar-refractivity contribution in [1.29, 1.82) is 0 Å². The van der Waals surface area contributed by atoms with E-state index in [0.29, 0.717) is 37.5 Å². The molecule has 148 valence electrons. The summed E-state index contributed by atoms with van der Waals surface area (Å²) in [6.45, 7) is 1.81. The van der Waals surface area contributed by atoms with E-state index in [2.05, 4.69) is 20.0 Å². The first-order chi connectivity index (χ1) is 13.5. The van der Waals surface area contributed by atoms with E-state index in [1.165, 1.54) is 0 Å². The maximum Gasteiger partial charge on any atom is 0.275 e. The number of hydrogen-bond acceptors (Lipinski definition) is 4. The highest BCUT2D eigenvalue weighted by Gasteiger charge is 2.51. The molecule has 9 heteroatoms. The van der Waals surface area contributed by atoms with Gasteiger partial charge in [-0.05, 0) is 25.7 Å². The van der Waals surface area contributed by atoms with Crippen molar-refractivity contribution < 1.29 is 9.59 Å².